The molecule has 3 aromatic heterocycles. The van der Waals surface area contributed by atoms with Crippen LogP contribution in [0, 0.1) is 5.92 Å². The molecule has 0 saturated carbocycles. The number of carboxylic acids is 1. The number of nitrogens with zero attached hydrogens (tertiary/aromatic N) is 3. The highest BCUT2D eigenvalue weighted by Crippen LogP contribution is 2.41. The van der Waals surface area contributed by atoms with E-state index in [0.29, 0.717) is 12.8 Å². The second-order valence-electron chi connectivity index (χ2n) is 8.98. The lowest BCUT2D eigenvalue weighted by Crippen LogP contribution is -2.22. The van der Waals surface area contributed by atoms with E-state index in [9.17, 15) is 9.59 Å². The number of likely N-dealkylation sites (tertiary alicyclic amines) is 1. The van der Waals surface area contributed by atoms with Gasteiger partial charge in [0.15, 0.2) is 0 Å². The highest BCUT2D eigenvalue weighted by Gasteiger charge is 2.31. The fraction of sp³-hybridized carbons (Fsp3) is 0.259. The average Bonchev–Trinajstić information content (AvgIpc) is 3.42. The molecule has 0 aliphatic carbocycles. The number of nitrogens with one attached hydrogen (secondary N) is 1. The minimum atomic E-state index is -0.811. The van der Waals surface area contributed by atoms with Crippen LogP contribution in [0.25, 0.3) is 22.3 Å². The van der Waals surface area contributed by atoms with Crippen LogP contribution < -0.4 is 0 Å². The monoisotopic (exact) mass is 486 g/mol. The van der Waals surface area contributed by atoms with Crippen LogP contribution in [-0.2, 0) is 16.0 Å². The third-order valence-electron chi connectivity index (χ3n) is 6.52. The summed E-state index contributed by atoms with van der Waals surface area (Å²) >= 11 is 1.61. The van der Waals surface area contributed by atoms with Gasteiger partial charge >= 0.3 is 5.97 Å². The zero-order chi connectivity index (χ0) is 24.5. The number of aromatic nitrogens is 3. The summed E-state index contributed by atoms with van der Waals surface area (Å²) in [5.41, 5.74) is 4.67. The zero-order valence-corrected chi connectivity index (χ0v) is 20.4. The average molecular weight is 487 g/mol. The first-order valence-corrected chi connectivity index (χ1v) is 12.4. The predicted octanol–water partition coefficient (Wildman–Crippen LogP) is 5.33. The number of carbonyl (C=O) groups excluding carboxylic acids is 1. The van der Waals surface area contributed by atoms with Gasteiger partial charge in [0.2, 0.25) is 5.91 Å². The largest absolute Gasteiger partial charge is 0.481 e. The molecule has 0 bridgehead atoms. The molecule has 2 atom stereocenters. The smallest absolute Gasteiger partial charge is 0.306 e. The molecule has 7 nitrogen and oxygen atoms in total. The molecule has 5 rings (SSSR count). The van der Waals surface area contributed by atoms with Gasteiger partial charge in [-0.05, 0) is 60.4 Å². The molecule has 1 fully saturated rings. The van der Waals surface area contributed by atoms with Gasteiger partial charge < -0.3 is 15.0 Å². The molecule has 0 spiro atoms. The number of H-pyrrole nitrogens is 1. The van der Waals surface area contributed by atoms with Crippen LogP contribution in [-0.4, -0.2) is 43.9 Å². The van der Waals surface area contributed by atoms with E-state index in [0.717, 1.165) is 49.8 Å². The summed E-state index contributed by atoms with van der Waals surface area (Å²) in [6, 6.07) is 16.1. The molecule has 2 N–H and O–H groups in total. The van der Waals surface area contributed by atoms with Gasteiger partial charge in [-0.1, -0.05) is 30.8 Å². The quantitative estimate of drug-likeness (QED) is 0.366. The number of aromatic amines is 1. The van der Waals surface area contributed by atoms with Crippen LogP contribution in [0.2, 0.25) is 0 Å². The maximum atomic E-state index is 12.3. The summed E-state index contributed by atoms with van der Waals surface area (Å²) < 4.78 is 0. The van der Waals surface area contributed by atoms with Crippen molar-refractivity contribution in [3.8, 4) is 11.4 Å². The van der Waals surface area contributed by atoms with Crippen molar-refractivity contribution in [1.82, 2.24) is 19.9 Å². The van der Waals surface area contributed by atoms with Crippen molar-refractivity contribution >= 4 is 34.5 Å². The summed E-state index contributed by atoms with van der Waals surface area (Å²) in [6.07, 6.45) is 5.32. The number of hydrogen-bond acceptors (Lipinski definition) is 5. The van der Waals surface area contributed by atoms with E-state index in [1.54, 1.807) is 31.1 Å². The number of carbonyl (C=O) groups is 2. The van der Waals surface area contributed by atoms with Crippen LogP contribution in [0.5, 0.6) is 0 Å². The number of aliphatic carboxylic acids is 1. The summed E-state index contributed by atoms with van der Waals surface area (Å²) in [7, 11) is 1.87. The van der Waals surface area contributed by atoms with E-state index < -0.39 is 11.9 Å². The Bertz CT molecular complexity index is 1390. The molecular formula is C27H26N4O3S. The molecule has 35 heavy (non-hydrogen) atoms. The van der Waals surface area contributed by atoms with Gasteiger partial charge in [0, 0.05) is 41.7 Å². The van der Waals surface area contributed by atoms with Gasteiger partial charge in [-0.15, -0.1) is 0 Å². The van der Waals surface area contributed by atoms with Gasteiger partial charge in [-0.3, -0.25) is 14.6 Å². The first kappa shape index (κ1) is 23.1. The number of rotatable bonds is 7. The summed E-state index contributed by atoms with van der Waals surface area (Å²) in [5, 5.41) is 11.1. The first-order valence-electron chi connectivity index (χ1n) is 11.6. The van der Waals surface area contributed by atoms with E-state index in [-0.39, 0.29) is 11.9 Å². The Labute approximate surface area is 207 Å². The Hall–Kier alpha value is -3.65. The molecular weight excluding hydrogens is 460 g/mol. The van der Waals surface area contributed by atoms with Crippen molar-refractivity contribution < 1.29 is 14.7 Å². The summed E-state index contributed by atoms with van der Waals surface area (Å²) in [5.74, 6) is -1.10. The number of fused-ring (bicyclic) bond motifs is 1. The lowest BCUT2D eigenvalue weighted by molar-refractivity contribution is -0.141. The Morgan fingerprint density at radius 2 is 2.09 bits per heavy atom. The minimum absolute atomic E-state index is 0.0264. The normalized spacial score (nSPS) is 16.7. The molecule has 1 aliphatic heterocycles. The summed E-state index contributed by atoms with van der Waals surface area (Å²) in [4.78, 5) is 38.9. The van der Waals surface area contributed by atoms with Crippen molar-refractivity contribution in [3.63, 3.8) is 0 Å². The zero-order valence-electron chi connectivity index (χ0n) is 19.6. The van der Waals surface area contributed by atoms with E-state index in [2.05, 4.69) is 33.2 Å². The van der Waals surface area contributed by atoms with Crippen molar-refractivity contribution in [2.75, 3.05) is 7.05 Å². The van der Waals surface area contributed by atoms with Crippen LogP contribution in [0.15, 0.2) is 70.8 Å². The first-order chi connectivity index (χ1) is 16.9. The maximum Gasteiger partial charge on any atom is 0.306 e. The number of benzene rings is 1. The van der Waals surface area contributed by atoms with E-state index in [1.807, 2.05) is 42.3 Å². The second-order valence-corrected chi connectivity index (χ2v) is 10.0. The number of amides is 1. The van der Waals surface area contributed by atoms with Gasteiger partial charge in [-0.25, -0.2) is 4.98 Å². The third kappa shape index (κ3) is 4.79. The van der Waals surface area contributed by atoms with Crippen LogP contribution in [0.3, 0.4) is 0 Å². The van der Waals surface area contributed by atoms with Gasteiger partial charge in [0.25, 0.3) is 0 Å². The summed E-state index contributed by atoms with van der Waals surface area (Å²) in [6.45, 7) is 1.70. The Kier molecular flexibility index (Phi) is 6.30. The molecule has 0 radical (unpaired) electrons. The SMILES string of the molecule is CC(Cc1ccc(-c2cc3cc(Sc4ccccn4)c(C4CCC(=O)N4C)cc3[nH]2)nc1)C(=O)O. The van der Waals surface area contributed by atoms with Crippen LogP contribution in [0.4, 0.5) is 0 Å². The molecule has 4 heterocycles. The molecule has 1 aromatic carbocycles. The van der Waals surface area contributed by atoms with Crippen LogP contribution >= 0.6 is 11.8 Å². The lowest BCUT2D eigenvalue weighted by atomic mass is 10.0. The Balaban J connectivity index is 1.50. The van der Waals surface area contributed by atoms with Crippen molar-refractivity contribution in [2.24, 2.45) is 5.92 Å². The standard InChI is InChI=1S/C27H26N4O3S/c1-16(27(33)34)11-17-6-7-20(29-15-17)22-12-18-13-24(35-25-5-3-4-10-28-25)19(14-21(18)30-22)23-8-9-26(32)31(23)2/h3-7,10,12-16,23,30H,8-9,11H2,1-2H3,(H,33,34). The van der Waals surface area contributed by atoms with Crippen molar-refractivity contribution in [3.05, 3.63) is 72.1 Å². The molecule has 8 heteroatoms. The third-order valence-corrected chi connectivity index (χ3v) is 7.54. The number of pyridine rings is 2. The predicted molar refractivity (Wildman–Crippen MR) is 135 cm³/mol. The molecule has 178 valence electrons. The molecule has 1 amide bonds. The Morgan fingerprint density at radius 1 is 1.23 bits per heavy atom. The minimum Gasteiger partial charge on any atom is -0.481 e. The number of hydrogen-bond donors (Lipinski definition) is 2. The molecule has 2 unspecified atom stereocenters. The van der Waals surface area contributed by atoms with E-state index in [4.69, 9.17) is 5.11 Å². The maximum absolute atomic E-state index is 12.3. The number of carboxylic acid groups (broad SMARTS) is 1. The van der Waals surface area contributed by atoms with Gasteiger partial charge in [0.05, 0.1) is 23.3 Å². The second kappa shape index (κ2) is 9.54. The Morgan fingerprint density at radius 3 is 2.74 bits per heavy atom. The lowest BCUT2D eigenvalue weighted by Gasteiger charge is -2.23. The van der Waals surface area contributed by atoms with Crippen molar-refractivity contribution in [1.29, 1.82) is 0 Å². The molecule has 1 saturated heterocycles. The van der Waals surface area contributed by atoms with Gasteiger partial charge in [-0.2, -0.15) is 0 Å². The topological polar surface area (TPSA) is 99.2 Å². The highest BCUT2D eigenvalue weighted by molar-refractivity contribution is 7.99. The molecule has 4 aromatic rings. The van der Waals surface area contributed by atoms with Crippen molar-refractivity contribution in [2.45, 2.75) is 42.1 Å². The fourth-order valence-electron chi connectivity index (χ4n) is 4.50. The van der Waals surface area contributed by atoms with Gasteiger partial charge in [0.1, 0.15) is 5.03 Å². The van der Waals surface area contributed by atoms with E-state index in [1.165, 1.54) is 0 Å². The highest BCUT2D eigenvalue weighted by atomic mass is 32.2. The molecule has 1 aliphatic rings. The fourth-order valence-corrected chi connectivity index (χ4v) is 5.48. The van der Waals surface area contributed by atoms with E-state index >= 15 is 0 Å². The van der Waals surface area contributed by atoms with Crippen LogP contribution in [0.1, 0.15) is 36.9 Å².